The lowest BCUT2D eigenvalue weighted by Crippen LogP contribution is -2.17. The van der Waals surface area contributed by atoms with Crippen LogP contribution in [0.5, 0.6) is 11.5 Å². The first-order valence-electron chi connectivity index (χ1n) is 5.94. The Kier molecular flexibility index (Phi) is 4.69. The third-order valence-electron chi connectivity index (χ3n) is 2.88. The number of phenols is 1. The second-order valence-corrected chi connectivity index (χ2v) is 6.00. The molecule has 5 heteroatoms. The fourth-order valence-corrected chi connectivity index (χ4v) is 2.85. The molecule has 0 radical (unpaired) electrons. The van der Waals surface area contributed by atoms with E-state index in [1.807, 2.05) is 24.3 Å². The summed E-state index contributed by atoms with van der Waals surface area (Å²) in [4.78, 5) is 1.20. The Labute approximate surface area is 121 Å². The number of benzene rings is 1. The summed E-state index contributed by atoms with van der Waals surface area (Å²) >= 11 is 7.50. The molecule has 1 atom stereocenters. The molecular formula is C14H16ClNO2S. The average molecular weight is 298 g/mol. The highest BCUT2D eigenvalue weighted by Crippen LogP contribution is 2.28. The van der Waals surface area contributed by atoms with Gasteiger partial charge in [0, 0.05) is 17.5 Å². The van der Waals surface area contributed by atoms with Crippen molar-refractivity contribution in [1.29, 1.82) is 0 Å². The minimum Gasteiger partial charge on any atom is -0.504 e. The molecule has 19 heavy (non-hydrogen) atoms. The second-order valence-electron chi connectivity index (χ2n) is 4.25. The van der Waals surface area contributed by atoms with Gasteiger partial charge in [-0.1, -0.05) is 17.7 Å². The van der Waals surface area contributed by atoms with Crippen molar-refractivity contribution < 1.29 is 9.84 Å². The van der Waals surface area contributed by atoms with E-state index in [4.69, 9.17) is 16.3 Å². The van der Waals surface area contributed by atoms with Crippen LogP contribution in [0.4, 0.5) is 0 Å². The summed E-state index contributed by atoms with van der Waals surface area (Å²) in [5.74, 6) is 0.649. The lowest BCUT2D eigenvalue weighted by molar-refractivity contribution is 0.372. The van der Waals surface area contributed by atoms with E-state index in [9.17, 15) is 5.11 Å². The van der Waals surface area contributed by atoms with E-state index in [2.05, 4.69) is 12.2 Å². The number of hydrogen-bond acceptors (Lipinski definition) is 4. The first-order valence-corrected chi connectivity index (χ1v) is 7.14. The SMILES string of the molecule is COc1cc(CNC(C)c2ccc(Cl)s2)ccc1O. The Morgan fingerprint density at radius 1 is 1.37 bits per heavy atom. The van der Waals surface area contributed by atoms with Crippen LogP contribution in [-0.2, 0) is 6.54 Å². The Balaban J connectivity index is 1.98. The Morgan fingerprint density at radius 2 is 2.16 bits per heavy atom. The number of methoxy groups -OCH3 is 1. The minimum atomic E-state index is 0.157. The summed E-state index contributed by atoms with van der Waals surface area (Å²) in [6.45, 7) is 2.80. The predicted octanol–water partition coefficient (Wildman–Crippen LogP) is 3.97. The maximum atomic E-state index is 9.53. The van der Waals surface area contributed by atoms with E-state index in [1.54, 1.807) is 24.5 Å². The number of hydrogen-bond donors (Lipinski definition) is 2. The number of thiophene rings is 1. The van der Waals surface area contributed by atoms with Gasteiger partial charge in [-0.2, -0.15) is 0 Å². The second kappa shape index (κ2) is 6.28. The zero-order valence-corrected chi connectivity index (χ0v) is 12.4. The fourth-order valence-electron chi connectivity index (χ4n) is 1.76. The van der Waals surface area contributed by atoms with Gasteiger partial charge in [-0.15, -0.1) is 11.3 Å². The molecule has 3 nitrogen and oxygen atoms in total. The van der Waals surface area contributed by atoms with Crippen molar-refractivity contribution in [2.24, 2.45) is 0 Å². The highest BCUT2D eigenvalue weighted by Gasteiger charge is 2.08. The van der Waals surface area contributed by atoms with Gasteiger partial charge in [0.2, 0.25) is 0 Å². The molecule has 2 rings (SSSR count). The zero-order chi connectivity index (χ0) is 13.8. The number of rotatable bonds is 5. The van der Waals surface area contributed by atoms with Gasteiger partial charge in [0.15, 0.2) is 11.5 Å². The summed E-state index contributed by atoms with van der Waals surface area (Å²) in [5, 5.41) is 12.9. The molecule has 0 bridgehead atoms. The molecule has 0 aliphatic carbocycles. The molecule has 0 saturated carbocycles. The summed E-state index contributed by atoms with van der Waals surface area (Å²) < 4.78 is 5.89. The number of aromatic hydroxyl groups is 1. The molecule has 0 aliphatic rings. The molecule has 0 fully saturated rings. The van der Waals surface area contributed by atoms with Crippen LogP contribution < -0.4 is 10.1 Å². The summed E-state index contributed by atoms with van der Waals surface area (Å²) in [7, 11) is 1.54. The molecule has 1 aromatic heterocycles. The fraction of sp³-hybridized carbons (Fsp3) is 0.286. The molecule has 0 saturated heterocycles. The van der Waals surface area contributed by atoms with Crippen LogP contribution in [0.25, 0.3) is 0 Å². The molecule has 2 aromatic rings. The Morgan fingerprint density at radius 3 is 2.79 bits per heavy atom. The lowest BCUT2D eigenvalue weighted by Gasteiger charge is -2.13. The number of phenolic OH excluding ortho intramolecular Hbond substituents is 1. The van der Waals surface area contributed by atoms with Gasteiger partial charge in [-0.3, -0.25) is 0 Å². The van der Waals surface area contributed by atoms with E-state index in [0.717, 1.165) is 9.90 Å². The van der Waals surface area contributed by atoms with Crippen molar-refractivity contribution in [3.05, 3.63) is 45.1 Å². The van der Waals surface area contributed by atoms with E-state index in [0.29, 0.717) is 12.3 Å². The summed E-state index contributed by atoms with van der Waals surface area (Å²) in [6, 6.07) is 9.51. The zero-order valence-electron chi connectivity index (χ0n) is 10.8. The monoisotopic (exact) mass is 297 g/mol. The van der Waals surface area contributed by atoms with Gasteiger partial charge in [-0.25, -0.2) is 0 Å². The Hall–Kier alpha value is -1.23. The van der Waals surface area contributed by atoms with Gasteiger partial charge in [0.1, 0.15) is 0 Å². The summed E-state index contributed by atoms with van der Waals surface area (Å²) in [5.41, 5.74) is 1.06. The third-order valence-corrected chi connectivity index (χ3v) is 4.29. The topological polar surface area (TPSA) is 41.5 Å². The quantitative estimate of drug-likeness (QED) is 0.877. The van der Waals surface area contributed by atoms with Crippen LogP contribution in [0, 0.1) is 0 Å². The minimum absolute atomic E-state index is 0.157. The van der Waals surface area contributed by atoms with E-state index < -0.39 is 0 Å². The molecule has 1 aromatic carbocycles. The molecular weight excluding hydrogens is 282 g/mol. The number of ether oxygens (including phenoxy) is 1. The van der Waals surface area contributed by atoms with E-state index in [-0.39, 0.29) is 11.8 Å². The van der Waals surface area contributed by atoms with Crippen molar-refractivity contribution in [1.82, 2.24) is 5.32 Å². The molecule has 0 amide bonds. The van der Waals surface area contributed by atoms with Crippen LogP contribution in [-0.4, -0.2) is 12.2 Å². The average Bonchev–Trinajstić information content (AvgIpc) is 2.84. The highest BCUT2D eigenvalue weighted by molar-refractivity contribution is 7.16. The summed E-state index contributed by atoms with van der Waals surface area (Å²) in [6.07, 6.45) is 0. The number of nitrogens with one attached hydrogen (secondary N) is 1. The van der Waals surface area contributed by atoms with Crippen LogP contribution in [0.3, 0.4) is 0 Å². The lowest BCUT2D eigenvalue weighted by atomic mass is 10.2. The Bertz CT molecular complexity index is 556. The molecule has 102 valence electrons. The van der Waals surface area contributed by atoms with Gasteiger partial charge in [-0.05, 0) is 36.8 Å². The van der Waals surface area contributed by atoms with Gasteiger partial charge >= 0.3 is 0 Å². The van der Waals surface area contributed by atoms with Gasteiger partial charge in [0.25, 0.3) is 0 Å². The highest BCUT2D eigenvalue weighted by atomic mass is 35.5. The maximum Gasteiger partial charge on any atom is 0.160 e. The first-order chi connectivity index (χ1) is 9.10. The molecule has 2 N–H and O–H groups in total. The van der Waals surface area contributed by atoms with Crippen LogP contribution >= 0.6 is 22.9 Å². The maximum absolute atomic E-state index is 9.53. The van der Waals surface area contributed by atoms with Crippen molar-refractivity contribution in [2.75, 3.05) is 7.11 Å². The predicted molar refractivity (Wildman–Crippen MR) is 79.2 cm³/mol. The van der Waals surface area contributed by atoms with Crippen molar-refractivity contribution in [2.45, 2.75) is 19.5 Å². The van der Waals surface area contributed by atoms with Gasteiger partial charge in [0.05, 0.1) is 11.4 Å². The standard InChI is InChI=1S/C14H16ClNO2S/c1-9(13-5-6-14(15)19-13)16-8-10-3-4-11(17)12(7-10)18-2/h3-7,9,16-17H,8H2,1-2H3. The van der Waals surface area contributed by atoms with Crippen molar-refractivity contribution in [3.63, 3.8) is 0 Å². The third kappa shape index (κ3) is 3.62. The van der Waals surface area contributed by atoms with E-state index in [1.165, 1.54) is 4.88 Å². The van der Waals surface area contributed by atoms with Crippen LogP contribution in [0.15, 0.2) is 30.3 Å². The smallest absolute Gasteiger partial charge is 0.160 e. The van der Waals surface area contributed by atoms with Crippen molar-refractivity contribution >= 4 is 22.9 Å². The molecule has 0 aliphatic heterocycles. The first kappa shape index (κ1) is 14.2. The molecule has 0 spiro atoms. The largest absolute Gasteiger partial charge is 0.504 e. The van der Waals surface area contributed by atoms with Crippen LogP contribution in [0.2, 0.25) is 4.34 Å². The van der Waals surface area contributed by atoms with Crippen LogP contribution in [0.1, 0.15) is 23.4 Å². The van der Waals surface area contributed by atoms with E-state index >= 15 is 0 Å². The normalized spacial score (nSPS) is 12.4. The molecule has 1 unspecified atom stereocenters. The van der Waals surface area contributed by atoms with Crippen molar-refractivity contribution in [3.8, 4) is 11.5 Å². The molecule has 1 heterocycles. The number of halogens is 1. The van der Waals surface area contributed by atoms with Gasteiger partial charge < -0.3 is 15.2 Å².